The summed E-state index contributed by atoms with van der Waals surface area (Å²) >= 11 is 0. The van der Waals surface area contributed by atoms with Gasteiger partial charge in [-0.3, -0.25) is 9.59 Å². The number of carbonyl (C=O) groups excluding carboxylic acids is 2. The van der Waals surface area contributed by atoms with Crippen molar-refractivity contribution in [2.45, 2.75) is 13.3 Å². The molecule has 0 aliphatic rings. The molecule has 0 aromatic heterocycles. The summed E-state index contributed by atoms with van der Waals surface area (Å²) in [6, 6.07) is 14.3. The van der Waals surface area contributed by atoms with Gasteiger partial charge in [-0.05, 0) is 42.3 Å². The summed E-state index contributed by atoms with van der Waals surface area (Å²) in [5.41, 5.74) is 7.40. The quantitative estimate of drug-likeness (QED) is 0.859. The van der Waals surface area contributed by atoms with Crippen molar-refractivity contribution in [3.05, 3.63) is 59.7 Å². The fourth-order valence-corrected chi connectivity index (χ4v) is 1.91. The van der Waals surface area contributed by atoms with E-state index >= 15 is 0 Å². The summed E-state index contributed by atoms with van der Waals surface area (Å²) in [7, 11) is 0. The Morgan fingerprint density at radius 2 is 1.86 bits per heavy atom. The lowest BCUT2D eigenvalue weighted by Crippen LogP contribution is -2.20. The summed E-state index contributed by atoms with van der Waals surface area (Å²) < 4.78 is 5.18. The van der Waals surface area contributed by atoms with Crippen molar-refractivity contribution in [3.8, 4) is 5.75 Å². The molecule has 0 radical (unpaired) electrons. The molecule has 0 spiro atoms. The molecule has 0 atom stereocenters. The van der Waals surface area contributed by atoms with Gasteiger partial charge in [-0.1, -0.05) is 25.1 Å². The van der Waals surface area contributed by atoms with E-state index in [1.54, 1.807) is 24.3 Å². The van der Waals surface area contributed by atoms with Crippen LogP contribution in [0, 0.1) is 0 Å². The highest BCUT2D eigenvalue weighted by Crippen LogP contribution is 2.16. The molecule has 0 unspecified atom stereocenters. The number of nitrogens with two attached hydrogens (primary N) is 1. The molecule has 2 aromatic carbocycles. The maximum absolute atomic E-state index is 12.2. The molecule has 22 heavy (non-hydrogen) atoms. The number of hydrogen-bond donors (Lipinski definition) is 2. The molecule has 0 aliphatic heterocycles. The van der Waals surface area contributed by atoms with Gasteiger partial charge < -0.3 is 15.8 Å². The van der Waals surface area contributed by atoms with Crippen molar-refractivity contribution in [3.63, 3.8) is 0 Å². The van der Waals surface area contributed by atoms with Crippen LogP contribution in [0.5, 0.6) is 5.75 Å². The Kier molecular flexibility index (Phi) is 5.14. The van der Waals surface area contributed by atoms with Gasteiger partial charge in [0, 0.05) is 11.3 Å². The van der Waals surface area contributed by atoms with Crippen LogP contribution in [0.2, 0.25) is 0 Å². The van der Waals surface area contributed by atoms with Crippen LogP contribution in [-0.2, 0) is 11.2 Å². The van der Waals surface area contributed by atoms with Gasteiger partial charge >= 0.3 is 0 Å². The lowest BCUT2D eigenvalue weighted by molar-refractivity contribution is -0.119. The first-order chi connectivity index (χ1) is 10.6. The molecule has 0 fully saturated rings. The van der Waals surface area contributed by atoms with Crippen molar-refractivity contribution in [2.75, 3.05) is 11.9 Å². The number of amides is 2. The van der Waals surface area contributed by atoms with E-state index < -0.39 is 5.91 Å². The summed E-state index contributed by atoms with van der Waals surface area (Å²) in [5.74, 6) is -0.382. The fraction of sp³-hybridized carbons (Fsp3) is 0.176. The van der Waals surface area contributed by atoms with E-state index in [-0.39, 0.29) is 12.5 Å². The minimum absolute atomic E-state index is 0.219. The zero-order valence-corrected chi connectivity index (χ0v) is 12.3. The van der Waals surface area contributed by atoms with Crippen LogP contribution >= 0.6 is 0 Å². The van der Waals surface area contributed by atoms with Gasteiger partial charge in [-0.2, -0.15) is 0 Å². The first-order valence-electron chi connectivity index (χ1n) is 7.00. The average molecular weight is 298 g/mol. The summed E-state index contributed by atoms with van der Waals surface area (Å²) in [4.78, 5) is 22.9. The van der Waals surface area contributed by atoms with Crippen molar-refractivity contribution in [1.82, 2.24) is 0 Å². The number of carbonyl (C=O) groups is 2. The lowest BCUT2D eigenvalue weighted by atomic mass is 10.1. The lowest BCUT2D eigenvalue weighted by Gasteiger charge is -2.08. The SMILES string of the molecule is CCc1ccc(NC(=O)c2cccc(OCC(N)=O)c2)cc1. The molecule has 0 saturated carbocycles. The van der Waals surface area contributed by atoms with Crippen molar-refractivity contribution >= 4 is 17.5 Å². The van der Waals surface area contributed by atoms with E-state index in [4.69, 9.17) is 10.5 Å². The fourth-order valence-electron chi connectivity index (χ4n) is 1.91. The van der Waals surface area contributed by atoms with E-state index in [1.165, 1.54) is 5.56 Å². The molecule has 114 valence electrons. The standard InChI is InChI=1S/C17H18N2O3/c1-2-12-6-8-14(9-7-12)19-17(21)13-4-3-5-15(10-13)22-11-16(18)20/h3-10H,2,11H2,1H3,(H2,18,20)(H,19,21). The van der Waals surface area contributed by atoms with Crippen molar-refractivity contribution in [1.29, 1.82) is 0 Å². The Morgan fingerprint density at radius 3 is 2.50 bits per heavy atom. The Morgan fingerprint density at radius 1 is 1.14 bits per heavy atom. The first-order valence-corrected chi connectivity index (χ1v) is 7.00. The second-order valence-electron chi connectivity index (χ2n) is 4.79. The van der Waals surface area contributed by atoms with Gasteiger partial charge in [0.25, 0.3) is 11.8 Å². The van der Waals surface area contributed by atoms with Crippen LogP contribution in [0.3, 0.4) is 0 Å². The highest BCUT2D eigenvalue weighted by atomic mass is 16.5. The minimum Gasteiger partial charge on any atom is -0.484 e. The van der Waals surface area contributed by atoms with Crippen LogP contribution in [0.25, 0.3) is 0 Å². The number of aryl methyl sites for hydroxylation is 1. The maximum atomic E-state index is 12.2. The molecule has 2 aromatic rings. The number of primary amides is 1. The molecule has 2 rings (SSSR count). The number of hydrogen-bond acceptors (Lipinski definition) is 3. The number of ether oxygens (including phenoxy) is 1. The number of benzene rings is 2. The van der Waals surface area contributed by atoms with Gasteiger partial charge in [-0.25, -0.2) is 0 Å². The second-order valence-corrected chi connectivity index (χ2v) is 4.79. The Hall–Kier alpha value is -2.82. The predicted molar refractivity (Wildman–Crippen MR) is 84.9 cm³/mol. The zero-order valence-electron chi connectivity index (χ0n) is 12.3. The number of rotatable bonds is 6. The van der Waals surface area contributed by atoms with Crippen LogP contribution in [-0.4, -0.2) is 18.4 Å². The van der Waals surface area contributed by atoms with Gasteiger partial charge in [0.2, 0.25) is 0 Å². The Labute approximate surface area is 129 Å². The maximum Gasteiger partial charge on any atom is 0.255 e. The molecule has 5 nitrogen and oxygen atoms in total. The van der Waals surface area contributed by atoms with Crippen LogP contribution in [0.15, 0.2) is 48.5 Å². The van der Waals surface area contributed by atoms with Crippen molar-refractivity contribution in [2.24, 2.45) is 5.73 Å². The molecular weight excluding hydrogens is 280 g/mol. The third-order valence-electron chi connectivity index (χ3n) is 3.10. The van der Waals surface area contributed by atoms with Gasteiger partial charge in [0.05, 0.1) is 0 Å². The third kappa shape index (κ3) is 4.34. The van der Waals surface area contributed by atoms with E-state index in [2.05, 4.69) is 12.2 Å². The van der Waals surface area contributed by atoms with Gasteiger partial charge in [0.1, 0.15) is 5.75 Å². The second kappa shape index (κ2) is 7.26. The zero-order chi connectivity index (χ0) is 15.9. The Balaban J connectivity index is 2.05. The molecular formula is C17H18N2O3. The monoisotopic (exact) mass is 298 g/mol. The number of anilines is 1. The van der Waals surface area contributed by atoms with E-state index in [9.17, 15) is 9.59 Å². The molecule has 2 amide bonds. The summed E-state index contributed by atoms with van der Waals surface area (Å²) in [5, 5.41) is 2.82. The molecule has 0 aliphatic carbocycles. The normalized spacial score (nSPS) is 10.0. The van der Waals surface area contributed by atoms with E-state index in [0.717, 1.165) is 12.1 Å². The molecule has 0 bridgehead atoms. The molecule has 5 heteroatoms. The number of nitrogens with one attached hydrogen (secondary N) is 1. The van der Waals surface area contributed by atoms with Gasteiger partial charge in [-0.15, -0.1) is 0 Å². The topological polar surface area (TPSA) is 81.4 Å². The van der Waals surface area contributed by atoms with Crippen LogP contribution in [0.4, 0.5) is 5.69 Å². The minimum atomic E-state index is -0.564. The largest absolute Gasteiger partial charge is 0.484 e. The molecule has 0 saturated heterocycles. The summed E-state index contributed by atoms with van der Waals surface area (Å²) in [6.45, 7) is 1.86. The van der Waals surface area contributed by atoms with E-state index in [1.807, 2.05) is 24.3 Å². The smallest absolute Gasteiger partial charge is 0.255 e. The predicted octanol–water partition coefficient (Wildman–Crippen LogP) is 2.37. The highest BCUT2D eigenvalue weighted by Gasteiger charge is 2.08. The molecule has 0 heterocycles. The third-order valence-corrected chi connectivity index (χ3v) is 3.10. The highest BCUT2D eigenvalue weighted by molar-refractivity contribution is 6.04. The first kappa shape index (κ1) is 15.6. The van der Waals surface area contributed by atoms with Crippen LogP contribution in [0.1, 0.15) is 22.8 Å². The van der Waals surface area contributed by atoms with E-state index in [0.29, 0.717) is 11.3 Å². The Bertz CT molecular complexity index is 666. The van der Waals surface area contributed by atoms with Gasteiger partial charge in [0.15, 0.2) is 6.61 Å². The van der Waals surface area contributed by atoms with Crippen molar-refractivity contribution < 1.29 is 14.3 Å². The average Bonchev–Trinajstić information content (AvgIpc) is 2.54. The molecule has 3 N–H and O–H groups in total. The summed E-state index contributed by atoms with van der Waals surface area (Å²) in [6.07, 6.45) is 0.952. The van der Waals surface area contributed by atoms with Crippen LogP contribution < -0.4 is 15.8 Å².